The van der Waals surface area contributed by atoms with Crippen LogP contribution in [-0.2, 0) is 4.74 Å². The highest BCUT2D eigenvalue weighted by atomic mass is 79.9. The van der Waals surface area contributed by atoms with Crippen LogP contribution in [0.2, 0.25) is 0 Å². The molecule has 1 aromatic rings. The molecule has 0 saturated carbocycles. The molecule has 0 aromatic heterocycles. The topological polar surface area (TPSA) is 18.5 Å². The number of halogens is 1. The predicted molar refractivity (Wildman–Crippen MR) is 65.4 cm³/mol. The van der Waals surface area contributed by atoms with Crippen LogP contribution >= 0.6 is 15.9 Å². The normalized spacial score (nSPS) is 12.5. The van der Waals surface area contributed by atoms with E-state index in [1.807, 2.05) is 39.0 Å². The van der Waals surface area contributed by atoms with Crippen molar-refractivity contribution in [1.29, 1.82) is 0 Å². The molecule has 0 spiro atoms. The van der Waals surface area contributed by atoms with Gasteiger partial charge in [-0.05, 0) is 48.3 Å². The Kier molecular flexibility index (Phi) is 5.12. The number of rotatable bonds is 5. The lowest BCUT2D eigenvalue weighted by Gasteiger charge is -2.16. The van der Waals surface area contributed by atoms with E-state index in [0.29, 0.717) is 13.2 Å². The SMILES string of the molecule is CCOc1cccc(C(C)OCC)c1Br. The summed E-state index contributed by atoms with van der Waals surface area (Å²) in [5, 5.41) is 0. The molecular weight excluding hydrogens is 256 g/mol. The highest BCUT2D eigenvalue weighted by molar-refractivity contribution is 9.10. The molecule has 0 aliphatic heterocycles. The molecule has 15 heavy (non-hydrogen) atoms. The van der Waals surface area contributed by atoms with Gasteiger partial charge in [-0.25, -0.2) is 0 Å². The summed E-state index contributed by atoms with van der Waals surface area (Å²) in [5.41, 5.74) is 1.13. The first kappa shape index (κ1) is 12.5. The molecule has 0 fully saturated rings. The third-order valence-corrected chi connectivity index (χ3v) is 3.00. The number of ether oxygens (including phenoxy) is 2. The van der Waals surface area contributed by atoms with Crippen LogP contribution in [0.4, 0.5) is 0 Å². The molecule has 2 nitrogen and oxygen atoms in total. The summed E-state index contributed by atoms with van der Waals surface area (Å²) in [4.78, 5) is 0. The average Bonchev–Trinajstić information content (AvgIpc) is 2.22. The zero-order valence-electron chi connectivity index (χ0n) is 9.42. The maximum absolute atomic E-state index is 5.56. The van der Waals surface area contributed by atoms with Crippen molar-refractivity contribution in [2.45, 2.75) is 26.9 Å². The molecule has 1 rings (SSSR count). The summed E-state index contributed by atoms with van der Waals surface area (Å²) in [7, 11) is 0. The Hall–Kier alpha value is -0.540. The summed E-state index contributed by atoms with van der Waals surface area (Å²) in [6.45, 7) is 7.40. The fraction of sp³-hybridized carbons (Fsp3) is 0.500. The van der Waals surface area contributed by atoms with Gasteiger partial charge >= 0.3 is 0 Å². The summed E-state index contributed by atoms with van der Waals surface area (Å²) in [5.74, 6) is 0.876. The van der Waals surface area contributed by atoms with E-state index in [1.54, 1.807) is 0 Å². The standard InChI is InChI=1S/C12H17BrO2/c1-4-14-9(3)10-7-6-8-11(12(10)13)15-5-2/h6-9H,4-5H2,1-3H3. The van der Waals surface area contributed by atoms with Gasteiger partial charge < -0.3 is 9.47 Å². The Morgan fingerprint density at radius 1 is 1.27 bits per heavy atom. The molecule has 1 aromatic carbocycles. The van der Waals surface area contributed by atoms with Crippen molar-refractivity contribution in [3.05, 3.63) is 28.2 Å². The summed E-state index contributed by atoms with van der Waals surface area (Å²) in [6.07, 6.45) is 0.0878. The number of hydrogen-bond donors (Lipinski definition) is 0. The molecular formula is C12H17BrO2. The Labute approximate surface area is 99.7 Å². The van der Waals surface area contributed by atoms with Gasteiger partial charge in [-0.1, -0.05) is 12.1 Å². The zero-order chi connectivity index (χ0) is 11.3. The van der Waals surface area contributed by atoms with Crippen molar-refractivity contribution < 1.29 is 9.47 Å². The first-order chi connectivity index (χ1) is 7.20. The molecule has 0 heterocycles. The predicted octanol–water partition coefficient (Wildman–Crippen LogP) is 3.95. The van der Waals surface area contributed by atoms with E-state index in [9.17, 15) is 0 Å². The van der Waals surface area contributed by atoms with Gasteiger partial charge in [0, 0.05) is 6.61 Å². The molecule has 0 amide bonds. The van der Waals surface area contributed by atoms with Crippen LogP contribution in [-0.4, -0.2) is 13.2 Å². The smallest absolute Gasteiger partial charge is 0.133 e. The third kappa shape index (κ3) is 3.21. The second-order valence-electron chi connectivity index (χ2n) is 3.19. The lowest BCUT2D eigenvalue weighted by molar-refractivity contribution is 0.0756. The van der Waals surface area contributed by atoms with E-state index in [-0.39, 0.29) is 6.10 Å². The van der Waals surface area contributed by atoms with Crippen LogP contribution in [0.5, 0.6) is 5.75 Å². The lowest BCUT2D eigenvalue weighted by Crippen LogP contribution is -2.02. The van der Waals surface area contributed by atoms with Crippen molar-refractivity contribution in [3.8, 4) is 5.75 Å². The molecule has 0 aliphatic rings. The molecule has 84 valence electrons. The van der Waals surface area contributed by atoms with Crippen molar-refractivity contribution in [1.82, 2.24) is 0 Å². The fourth-order valence-electron chi connectivity index (χ4n) is 1.45. The van der Waals surface area contributed by atoms with Crippen LogP contribution in [0.3, 0.4) is 0 Å². The molecule has 0 aliphatic carbocycles. The number of benzene rings is 1. The van der Waals surface area contributed by atoms with Gasteiger partial charge in [0.2, 0.25) is 0 Å². The Morgan fingerprint density at radius 3 is 2.60 bits per heavy atom. The summed E-state index contributed by atoms with van der Waals surface area (Å²) >= 11 is 3.55. The highest BCUT2D eigenvalue weighted by Crippen LogP contribution is 2.33. The van der Waals surface area contributed by atoms with E-state index in [4.69, 9.17) is 9.47 Å². The molecule has 0 bridgehead atoms. The molecule has 1 unspecified atom stereocenters. The minimum Gasteiger partial charge on any atom is -0.493 e. The molecule has 0 radical (unpaired) electrons. The van der Waals surface area contributed by atoms with Gasteiger partial charge in [0.05, 0.1) is 17.2 Å². The number of hydrogen-bond acceptors (Lipinski definition) is 2. The molecule has 1 atom stereocenters. The van der Waals surface area contributed by atoms with Crippen LogP contribution in [0.15, 0.2) is 22.7 Å². The zero-order valence-corrected chi connectivity index (χ0v) is 11.0. The minimum atomic E-state index is 0.0878. The Morgan fingerprint density at radius 2 is 2.00 bits per heavy atom. The maximum Gasteiger partial charge on any atom is 0.133 e. The van der Waals surface area contributed by atoms with E-state index in [0.717, 1.165) is 15.8 Å². The minimum absolute atomic E-state index is 0.0878. The summed E-state index contributed by atoms with van der Waals surface area (Å²) in [6, 6.07) is 5.99. The van der Waals surface area contributed by atoms with Crippen molar-refractivity contribution in [2.75, 3.05) is 13.2 Å². The van der Waals surface area contributed by atoms with Crippen LogP contribution in [0.25, 0.3) is 0 Å². The molecule has 0 N–H and O–H groups in total. The van der Waals surface area contributed by atoms with Gasteiger partial charge in [0.25, 0.3) is 0 Å². The second kappa shape index (κ2) is 6.13. The highest BCUT2D eigenvalue weighted by Gasteiger charge is 2.12. The first-order valence-electron chi connectivity index (χ1n) is 5.23. The average molecular weight is 273 g/mol. The third-order valence-electron chi connectivity index (χ3n) is 2.15. The van der Waals surface area contributed by atoms with Crippen molar-refractivity contribution in [2.24, 2.45) is 0 Å². The first-order valence-corrected chi connectivity index (χ1v) is 6.02. The molecule has 3 heteroatoms. The van der Waals surface area contributed by atoms with Crippen LogP contribution in [0.1, 0.15) is 32.4 Å². The van der Waals surface area contributed by atoms with Crippen molar-refractivity contribution >= 4 is 15.9 Å². The largest absolute Gasteiger partial charge is 0.493 e. The summed E-state index contributed by atoms with van der Waals surface area (Å²) < 4.78 is 12.1. The van der Waals surface area contributed by atoms with Gasteiger partial charge in [0.15, 0.2) is 0 Å². The molecule has 0 saturated heterocycles. The van der Waals surface area contributed by atoms with E-state index in [2.05, 4.69) is 15.9 Å². The van der Waals surface area contributed by atoms with Crippen LogP contribution in [0, 0.1) is 0 Å². The lowest BCUT2D eigenvalue weighted by atomic mass is 10.1. The quantitative estimate of drug-likeness (QED) is 0.808. The van der Waals surface area contributed by atoms with E-state index < -0.39 is 0 Å². The van der Waals surface area contributed by atoms with E-state index >= 15 is 0 Å². The maximum atomic E-state index is 5.56. The fourth-order valence-corrected chi connectivity index (χ4v) is 2.15. The van der Waals surface area contributed by atoms with Gasteiger partial charge in [-0.15, -0.1) is 0 Å². The second-order valence-corrected chi connectivity index (χ2v) is 3.98. The Bertz CT molecular complexity index is 312. The van der Waals surface area contributed by atoms with E-state index in [1.165, 1.54) is 0 Å². The van der Waals surface area contributed by atoms with Crippen molar-refractivity contribution in [3.63, 3.8) is 0 Å². The Balaban J connectivity index is 2.92. The van der Waals surface area contributed by atoms with Gasteiger partial charge in [-0.2, -0.15) is 0 Å². The van der Waals surface area contributed by atoms with Gasteiger partial charge in [0.1, 0.15) is 5.75 Å². The monoisotopic (exact) mass is 272 g/mol. The van der Waals surface area contributed by atoms with Crippen LogP contribution < -0.4 is 4.74 Å². The van der Waals surface area contributed by atoms with Gasteiger partial charge in [-0.3, -0.25) is 0 Å².